The minimum atomic E-state index is -4.59. The van der Waals surface area contributed by atoms with Crippen molar-refractivity contribution in [1.29, 1.82) is 0 Å². The number of hydrogen-bond donors (Lipinski definition) is 1. The van der Waals surface area contributed by atoms with Gasteiger partial charge in [0.1, 0.15) is 5.75 Å². The van der Waals surface area contributed by atoms with Crippen LogP contribution in [0, 0.1) is 0 Å². The van der Waals surface area contributed by atoms with Crippen molar-refractivity contribution < 1.29 is 40.6 Å². The Labute approximate surface area is 257 Å². The molecule has 1 aromatic heterocycles. The molecule has 0 radical (unpaired) electrons. The summed E-state index contributed by atoms with van der Waals surface area (Å²) in [5.74, 6) is 0.0259. The summed E-state index contributed by atoms with van der Waals surface area (Å²) in [6, 6.07) is 14.8. The number of aromatic nitrogens is 2. The number of sulfonamides is 1. The maximum atomic E-state index is 13.8. The lowest BCUT2D eigenvalue weighted by atomic mass is 9.92. The number of hydrogen-bond acceptors (Lipinski definition) is 8. The number of anilines is 2. The third-order valence-electron chi connectivity index (χ3n) is 6.90. The number of carbonyl (C=O) groups excluding carboxylic acids is 1. The van der Waals surface area contributed by atoms with Gasteiger partial charge >= 0.3 is 6.18 Å². The molecule has 0 fully saturated rings. The molecule has 5 rings (SSSR count). The number of halogens is 3. The fraction of sp³-hybridized carbons (Fsp3) is 0.258. The van der Waals surface area contributed by atoms with Crippen molar-refractivity contribution in [2.45, 2.75) is 12.6 Å². The average molecular weight is 643 g/mol. The predicted octanol–water partition coefficient (Wildman–Crippen LogP) is 5.40. The van der Waals surface area contributed by atoms with Gasteiger partial charge in [-0.1, -0.05) is 12.1 Å². The van der Waals surface area contributed by atoms with Gasteiger partial charge in [0.25, 0.3) is 5.91 Å². The highest BCUT2D eigenvalue weighted by Gasteiger charge is 2.32. The number of alkyl halides is 3. The Bertz CT molecular complexity index is 1800. The van der Waals surface area contributed by atoms with Gasteiger partial charge in [-0.05, 0) is 71.6 Å². The average Bonchev–Trinajstić information content (AvgIpc) is 3.00. The minimum Gasteiger partial charge on any atom is -0.465 e. The highest BCUT2D eigenvalue weighted by Crippen LogP contribution is 2.37. The summed E-state index contributed by atoms with van der Waals surface area (Å²) < 4.78 is 83.7. The zero-order valence-corrected chi connectivity index (χ0v) is 25.1. The van der Waals surface area contributed by atoms with Crippen molar-refractivity contribution in [1.82, 2.24) is 9.97 Å². The van der Waals surface area contributed by atoms with Gasteiger partial charge in [-0.3, -0.25) is 9.52 Å². The molecule has 0 aliphatic carbocycles. The normalized spacial score (nSPS) is 13.4. The number of nitrogens with one attached hydrogen (secondary N) is 1. The van der Waals surface area contributed by atoms with Gasteiger partial charge in [0.05, 0.1) is 30.7 Å². The predicted molar refractivity (Wildman–Crippen MR) is 162 cm³/mol. The highest BCUT2D eigenvalue weighted by molar-refractivity contribution is 7.92. The molecule has 1 aliphatic rings. The molecule has 2 heterocycles. The number of ether oxygens (including phenoxy) is 3. The van der Waals surface area contributed by atoms with Crippen LogP contribution in [0.3, 0.4) is 0 Å². The van der Waals surface area contributed by atoms with Crippen molar-refractivity contribution in [2.24, 2.45) is 0 Å². The standard InChI is InChI=1S/C31H29F3N4O6S/c1-42-12-13-43-19-44-28-7-5-25(18-27(28)37-45(2,40)41)38-11-8-21-14-20(4-6-26(21)30(38)39)22-15-23(29-35-9-3-10-36-29)17-24(16-22)31(32,33)34/h3-7,9-10,14-18,37H,8,11-13,19H2,1-2H3. The molecule has 10 nitrogen and oxygen atoms in total. The Balaban J connectivity index is 1.43. The van der Waals surface area contributed by atoms with Gasteiger partial charge in [0, 0.05) is 42.9 Å². The van der Waals surface area contributed by atoms with Gasteiger partial charge in [-0.2, -0.15) is 13.2 Å². The molecule has 0 spiro atoms. The SMILES string of the molecule is COCCOCOc1ccc(N2CCc3cc(-c4cc(-c5ncccn5)cc(C(F)(F)F)c4)ccc3C2=O)cc1NS(C)(=O)=O. The molecular formula is C31H29F3N4O6S. The van der Waals surface area contributed by atoms with Gasteiger partial charge in [0.2, 0.25) is 10.0 Å². The van der Waals surface area contributed by atoms with Gasteiger partial charge < -0.3 is 19.1 Å². The molecule has 1 amide bonds. The molecule has 0 saturated heterocycles. The van der Waals surface area contributed by atoms with Crippen LogP contribution in [0.15, 0.2) is 73.1 Å². The minimum absolute atomic E-state index is 0.127. The zero-order chi connectivity index (χ0) is 32.2. The van der Waals surface area contributed by atoms with E-state index in [1.807, 2.05) is 0 Å². The molecular weight excluding hydrogens is 613 g/mol. The molecule has 0 saturated carbocycles. The Kier molecular flexibility index (Phi) is 9.37. The summed E-state index contributed by atoms with van der Waals surface area (Å²) in [5.41, 5.74) is 1.80. The fourth-order valence-electron chi connectivity index (χ4n) is 4.85. The second-order valence-electron chi connectivity index (χ2n) is 10.2. The Morgan fingerprint density at radius 3 is 2.42 bits per heavy atom. The molecule has 0 bridgehead atoms. The number of amides is 1. The van der Waals surface area contributed by atoms with E-state index >= 15 is 0 Å². The van der Waals surface area contributed by atoms with E-state index in [2.05, 4.69) is 14.7 Å². The van der Waals surface area contributed by atoms with E-state index in [0.717, 1.165) is 18.4 Å². The Morgan fingerprint density at radius 1 is 0.956 bits per heavy atom. The van der Waals surface area contributed by atoms with Crippen LogP contribution in [-0.2, 0) is 32.1 Å². The van der Waals surface area contributed by atoms with Crippen LogP contribution in [0.1, 0.15) is 21.5 Å². The topological polar surface area (TPSA) is 120 Å². The molecule has 3 aromatic carbocycles. The number of fused-ring (bicyclic) bond motifs is 1. The summed E-state index contributed by atoms with van der Waals surface area (Å²) in [7, 11) is -2.15. The van der Waals surface area contributed by atoms with Crippen molar-refractivity contribution in [2.75, 3.05) is 49.5 Å². The number of rotatable bonds is 11. The molecule has 236 valence electrons. The summed E-state index contributed by atoms with van der Waals surface area (Å²) in [5, 5.41) is 0. The van der Waals surface area contributed by atoms with E-state index in [0.29, 0.717) is 41.0 Å². The first kappa shape index (κ1) is 31.9. The van der Waals surface area contributed by atoms with E-state index in [1.165, 1.54) is 36.5 Å². The first-order valence-electron chi connectivity index (χ1n) is 13.7. The van der Waals surface area contributed by atoms with E-state index in [9.17, 15) is 26.4 Å². The van der Waals surface area contributed by atoms with Crippen molar-refractivity contribution in [3.05, 3.63) is 89.7 Å². The quantitative estimate of drug-likeness (QED) is 0.171. The monoisotopic (exact) mass is 642 g/mol. The van der Waals surface area contributed by atoms with Crippen LogP contribution in [0.25, 0.3) is 22.5 Å². The number of methoxy groups -OCH3 is 1. The number of nitrogens with zero attached hydrogens (tertiary/aromatic N) is 3. The van der Waals surface area contributed by atoms with E-state index in [4.69, 9.17) is 14.2 Å². The van der Waals surface area contributed by atoms with Crippen LogP contribution in [0.2, 0.25) is 0 Å². The lowest BCUT2D eigenvalue weighted by molar-refractivity contribution is -0.137. The largest absolute Gasteiger partial charge is 0.465 e. The first-order chi connectivity index (χ1) is 21.4. The third-order valence-corrected chi connectivity index (χ3v) is 7.49. The molecule has 45 heavy (non-hydrogen) atoms. The highest BCUT2D eigenvalue weighted by atomic mass is 32.2. The number of carbonyl (C=O) groups is 1. The summed E-state index contributed by atoms with van der Waals surface area (Å²) in [6.45, 7) is 0.745. The van der Waals surface area contributed by atoms with Crippen LogP contribution < -0.4 is 14.4 Å². The maximum absolute atomic E-state index is 13.8. The lowest BCUT2D eigenvalue weighted by Gasteiger charge is -2.29. The molecule has 1 aliphatic heterocycles. The van der Waals surface area contributed by atoms with Gasteiger partial charge in [-0.25, -0.2) is 18.4 Å². The third kappa shape index (κ3) is 7.77. The fourth-order valence-corrected chi connectivity index (χ4v) is 5.41. The molecule has 14 heteroatoms. The molecule has 0 unspecified atom stereocenters. The Hall–Kier alpha value is -4.53. The van der Waals surface area contributed by atoms with Gasteiger partial charge in [0.15, 0.2) is 12.6 Å². The Morgan fingerprint density at radius 2 is 1.71 bits per heavy atom. The van der Waals surface area contributed by atoms with Gasteiger partial charge in [-0.15, -0.1) is 0 Å². The van der Waals surface area contributed by atoms with Crippen LogP contribution >= 0.6 is 0 Å². The summed E-state index contributed by atoms with van der Waals surface area (Å²) >= 11 is 0. The van der Waals surface area contributed by atoms with E-state index in [-0.39, 0.29) is 48.7 Å². The smallest absolute Gasteiger partial charge is 0.416 e. The second kappa shape index (κ2) is 13.2. The second-order valence-corrected chi connectivity index (χ2v) is 11.9. The lowest BCUT2D eigenvalue weighted by Crippen LogP contribution is -2.37. The summed E-state index contributed by atoms with van der Waals surface area (Å²) in [6.07, 6.45) is -0.273. The van der Waals surface area contributed by atoms with Crippen molar-refractivity contribution in [3.8, 4) is 28.3 Å². The molecule has 1 N–H and O–H groups in total. The van der Waals surface area contributed by atoms with Crippen LogP contribution in [0.4, 0.5) is 24.5 Å². The van der Waals surface area contributed by atoms with Crippen molar-refractivity contribution >= 4 is 27.3 Å². The molecule has 4 aromatic rings. The number of benzene rings is 3. The van der Waals surface area contributed by atoms with E-state index < -0.39 is 21.8 Å². The van der Waals surface area contributed by atoms with Crippen LogP contribution in [0.5, 0.6) is 5.75 Å². The zero-order valence-electron chi connectivity index (χ0n) is 24.3. The van der Waals surface area contributed by atoms with Crippen LogP contribution in [-0.4, -0.2) is 64.2 Å². The van der Waals surface area contributed by atoms with Crippen molar-refractivity contribution in [3.63, 3.8) is 0 Å². The van der Waals surface area contributed by atoms with E-state index in [1.54, 1.807) is 36.4 Å². The maximum Gasteiger partial charge on any atom is 0.416 e. The first-order valence-corrected chi connectivity index (χ1v) is 15.6. The summed E-state index contributed by atoms with van der Waals surface area (Å²) in [4.78, 5) is 23.3. The molecule has 0 atom stereocenters.